The van der Waals surface area contributed by atoms with Gasteiger partial charge in [-0.1, -0.05) is 48.0 Å². The largest absolute Gasteiger partial charge is 0.271 e. The van der Waals surface area contributed by atoms with Crippen molar-refractivity contribution in [2.45, 2.75) is 19.8 Å². The second kappa shape index (κ2) is 7.24. The fourth-order valence-electron chi connectivity index (χ4n) is 1.90. The molecule has 0 aromatic heterocycles. The first kappa shape index (κ1) is 14.0. The zero-order valence-corrected chi connectivity index (χ0v) is 11.5. The van der Waals surface area contributed by atoms with Gasteiger partial charge in [-0.15, -0.1) is 0 Å². The lowest BCUT2D eigenvalue weighted by Crippen LogP contribution is -2.17. The Hall–Kier alpha value is -2.42. The van der Waals surface area contributed by atoms with Gasteiger partial charge in [0.1, 0.15) is 0 Å². The molecule has 1 amide bonds. The number of rotatable bonds is 5. The molecule has 0 aliphatic heterocycles. The third-order valence-corrected chi connectivity index (χ3v) is 2.94. The first-order valence-corrected chi connectivity index (χ1v) is 6.68. The van der Waals surface area contributed by atoms with Crippen molar-refractivity contribution in [3.05, 3.63) is 71.3 Å². The monoisotopic (exact) mass is 266 g/mol. The summed E-state index contributed by atoms with van der Waals surface area (Å²) in [6.07, 6.45) is 3.46. The predicted octanol–water partition coefficient (Wildman–Crippen LogP) is 3.34. The average Bonchev–Trinajstić information content (AvgIpc) is 2.48. The van der Waals surface area contributed by atoms with Crippen LogP contribution in [0.3, 0.4) is 0 Å². The van der Waals surface area contributed by atoms with E-state index in [0.29, 0.717) is 5.56 Å². The summed E-state index contributed by atoms with van der Waals surface area (Å²) in [5, 5.41) is 3.97. The number of nitrogens with one attached hydrogen (secondary N) is 1. The van der Waals surface area contributed by atoms with Gasteiger partial charge in [0.05, 0.1) is 0 Å². The van der Waals surface area contributed by atoms with Crippen molar-refractivity contribution < 1.29 is 4.79 Å². The summed E-state index contributed by atoms with van der Waals surface area (Å²) in [4.78, 5) is 11.8. The summed E-state index contributed by atoms with van der Waals surface area (Å²) in [5.74, 6) is -0.176. The Labute approximate surface area is 119 Å². The summed E-state index contributed by atoms with van der Waals surface area (Å²) < 4.78 is 0. The van der Waals surface area contributed by atoms with Crippen LogP contribution in [0.25, 0.3) is 0 Å². The van der Waals surface area contributed by atoms with Crippen LogP contribution in [0.15, 0.2) is 59.7 Å². The standard InChI is InChI=1S/C17H18N2O/c1-14-7-5-11-16(13-14)17(20)19-18-12-6-10-15-8-3-2-4-9-15/h2-5,7-9,11-13H,6,10H2,1H3,(H,19,20). The SMILES string of the molecule is Cc1cccc(C(=O)NN=CCCc2ccccc2)c1. The number of carbonyl (C=O) groups excluding carboxylic acids is 1. The van der Waals surface area contributed by atoms with Crippen LogP contribution < -0.4 is 5.43 Å². The molecule has 102 valence electrons. The molecule has 0 fully saturated rings. The van der Waals surface area contributed by atoms with Gasteiger partial charge in [0.15, 0.2) is 0 Å². The van der Waals surface area contributed by atoms with Crippen LogP contribution in [-0.4, -0.2) is 12.1 Å². The normalized spacial score (nSPS) is 10.7. The highest BCUT2D eigenvalue weighted by Gasteiger charge is 2.02. The molecular weight excluding hydrogens is 248 g/mol. The molecule has 2 aromatic carbocycles. The minimum Gasteiger partial charge on any atom is -0.267 e. The van der Waals surface area contributed by atoms with Crippen molar-refractivity contribution in [1.82, 2.24) is 5.43 Å². The zero-order valence-electron chi connectivity index (χ0n) is 11.5. The van der Waals surface area contributed by atoms with E-state index in [1.165, 1.54) is 5.56 Å². The third kappa shape index (κ3) is 4.35. The van der Waals surface area contributed by atoms with Gasteiger partial charge in [-0.05, 0) is 37.5 Å². The molecular formula is C17H18N2O. The molecule has 0 saturated carbocycles. The van der Waals surface area contributed by atoms with Gasteiger partial charge in [-0.3, -0.25) is 4.79 Å². The fourth-order valence-corrected chi connectivity index (χ4v) is 1.90. The predicted molar refractivity (Wildman–Crippen MR) is 81.9 cm³/mol. The number of hydrogen-bond acceptors (Lipinski definition) is 2. The minimum absolute atomic E-state index is 0.176. The molecule has 2 rings (SSSR count). The highest BCUT2D eigenvalue weighted by Crippen LogP contribution is 2.03. The second-order valence-electron chi connectivity index (χ2n) is 4.65. The quantitative estimate of drug-likeness (QED) is 0.654. The van der Waals surface area contributed by atoms with E-state index in [1.807, 2.05) is 43.3 Å². The lowest BCUT2D eigenvalue weighted by atomic mass is 10.1. The summed E-state index contributed by atoms with van der Waals surface area (Å²) in [6.45, 7) is 1.96. The van der Waals surface area contributed by atoms with Crippen molar-refractivity contribution in [3.63, 3.8) is 0 Å². The Morgan fingerprint density at radius 2 is 1.95 bits per heavy atom. The lowest BCUT2D eigenvalue weighted by molar-refractivity contribution is 0.0955. The molecule has 2 aromatic rings. The van der Waals surface area contributed by atoms with Gasteiger partial charge >= 0.3 is 0 Å². The molecule has 3 heteroatoms. The Bertz CT molecular complexity index is 591. The number of benzene rings is 2. The van der Waals surface area contributed by atoms with E-state index in [9.17, 15) is 4.79 Å². The molecule has 1 N–H and O–H groups in total. The number of hydrazone groups is 1. The van der Waals surface area contributed by atoms with Crippen molar-refractivity contribution in [3.8, 4) is 0 Å². The summed E-state index contributed by atoms with van der Waals surface area (Å²) in [7, 11) is 0. The van der Waals surface area contributed by atoms with Gasteiger partial charge < -0.3 is 0 Å². The molecule has 0 spiro atoms. The van der Waals surface area contributed by atoms with Crippen LogP contribution in [0.5, 0.6) is 0 Å². The molecule has 0 atom stereocenters. The number of carbonyl (C=O) groups is 1. The van der Waals surface area contributed by atoms with Crippen molar-refractivity contribution in [1.29, 1.82) is 0 Å². The molecule has 0 radical (unpaired) electrons. The molecule has 20 heavy (non-hydrogen) atoms. The topological polar surface area (TPSA) is 41.5 Å². The highest BCUT2D eigenvalue weighted by atomic mass is 16.2. The third-order valence-electron chi connectivity index (χ3n) is 2.94. The maximum atomic E-state index is 11.8. The molecule has 0 saturated heterocycles. The summed E-state index contributed by atoms with van der Waals surface area (Å²) in [5.41, 5.74) is 5.50. The van der Waals surface area contributed by atoms with Crippen LogP contribution in [0.1, 0.15) is 27.9 Å². The van der Waals surface area contributed by atoms with Crippen LogP contribution in [-0.2, 0) is 6.42 Å². The Balaban J connectivity index is 1.77. The van der Waals surface area contributed by atoms with E-state index in [-0.39, 0.29) is 5.91 Å². The van der Waals surface area contributed by atoms with Gasteiger partial charge in [-0.25, -0.2) is 5.43 Å². The number of hydrogen-bond donors (Lipinski definition) is 1. The summed E-state index contributed by atoms with van der Waals surface area (Å²) in [6, 6.07) is 17.6. The number of nitrogens with zero attached hydrogens (tertiary/aromatic N) is 1. The highest BCUT2D eigenvalue weighted by molar-refractivity contribution is 5.94. The van der Waals surface area contributed by atoms with Crippen LogP contribution >= 0.6 is 0 Å². The van der Waals surface area contributed by atoms with E-state index in [2.05, 4.69) is 22.7 Å². The maximum Gasteiger partial charge on any atom is 0.271 e. The first-order valence-electron chi connectivity index (χ1n) is 6.68. The molecule has 0 unspecified atom stereocenters. The van der Waals surface area contributed by atoms with Crippen molar-refractivity contribution in [2.24, 2.45) is 5.10 Å². The average molecular weight is 266 g/mol. The van der Waals surface area contributed by atoms with Crippen LogP contribution in [0.4, 0.5) is 0 Å². The van der Waals surface area contributed by atoms with E-state index in [1.54, 1.807) is 12.3 Å². The van der Waals surface area contributed by atoms with E-state index >= 15 is 0 Å². The lowest BCUT2D eigenvalue weighted by Gasteiger charge is -2.01. The van der Waals surface area contributed by atoms with Crippen molar-refractivity contribution >= 4 is 12.1 Å². The molecule has 3 nitrogen and oxygen atoms in total. The maximum absolute atomic E-state index is 11.8. The van der Waals surface area contributed by atoms with Gasteiger partial charge in [0.2, 0.25) is 0 Å². The summed E-state index contributed by atoms with van der Waals surface area (Å²) >= 11 is 0. The number of amides is 1. The van der Waals surface area contributed by atoms with Crippen LogP contribution in [0, 0.1) is 6.92 Å². The van der Waals surface area contributed by atoms with E-state index < -0.39 is 0 Å². The number of aryl methyl sites for hydroxylation is 2. The second-order valence-corrected chi connectivity index (χ2v) is 4.65. The van der Waals surface area contributed by atoms with Crippen molar-refractivity contribution in [2.75, 3.05) is 0 Å². The van der Waals surface area contributed by atoms with Gasteiger partial charge in [-0.2, -0.15) is 5.10 Å². The minimum atomic E-state index is -0.176. The molecule has 0 aliphatic carbocycles. The Morgan fingerprint density at radius 1 is 1.15 bits per heavy atom. The molecule has 0 aliphatic rings. The molecule has 0 bridgehead atoms. The zero-order chi connectivity index (χ0) is 14.2. The van der Waals surface area contributed by atoms with Gasteiger partial charge in [0, 0.05) is 11.8 Å². The Kier molecular flexibility index (Phi) is 5.07. The van der Waals surface area contributed by atoms with Crippen LogP contribution in [0.2, 0.25) is 0 Å². The Morgan fingerprint density at radius 3 is 2.70 bits per heavy atom. The van der Waals surface area contributed by atoms with Gasteiger partial charge in [0.25, 0.3) is 5.91 Å². The fraction of sp³-hybridized carbons (Fsp3) is 0.176. The molecule has 0 heterocycles. The van der Waals surface area contributed by atoms with E-state index in [0.717, 1.165) is 18.4 Å². The first-order chi connectivity index (χ1) is 9.75. The van der Waals surface area contributed by atoms with E-state index in [4.69, 9.17) is 0 Å². The smallest absolute Gasteiger partial charge is 0.267 e.